The van der Waals surface area contributed by atoms with Crippen LogP contribution in [0.5, 0.6) is 0 Å². The number of benzene rings is 1. The largest absolute Gasteiger partial charge is 0.333 e. The SMILES string of the molecule is CCCn1cncc1CN[C@H](C)c1ccccc1F. The Hall–Kier alpha value is -1.68. The van der Waals surface area contributed by atoms with Gasteiger partial charge in [-0.2, -0.15) is 0 Å². The molecule has 0 unspecified atom stereocenters. The van der Waals surface area contributed by atoms with E-state index in [9.17, 15) is 4.39 Å². The minimum atomic E-state index is -0.162. The Labute approximate surface area is 113 Å². The molecular weight excluding hydrogens is 241 g/mol. The van der Waals surface area contributed by atoms with Gasteiger partial charge < -0.3 is 9.88 Å². The van der Waals surface area contributed by atoms with Crippen molar-refractivity contribution in [2.75, 3.05) is 0 Å². The molecule has 0 radical (unpaired) electrons. The van der Waals surface area contributed by atoms with Crippen molar-refractivity contribution in [1.29, 1.82) is 0 Å². The highest BCUT2D eigenvalue weighted by atomic mass is 19.1. The molecule has 0 spiro atoms. The van der Waals surface area contributed by atoms with Crippen LogP contribution in [0.25, 0.3) is 0 Å². The van der Waals surface area contributed by atoms with E-state index >= 15 is 0 Å². The van der Waals surface area contributed by atoms with Crippen molar-refractivity contribution in [3.63, 3.8) is 0 Å². The lowest BCUT2D eigenvalue weighted by Gasteiger charge is -2.15. The third kappa shape index (κ3) is 3.41. The normalized spacial score (nSPS) is 12.6. The summed E-state index contributed by atoms with van der Waals surface area (Å²) in [5.41, 5.74) is 1.83. The van der Waals surface area contributed by atoms with Gasteiger partial charge in [-0.15, -0.1) is 0 Å². The third-order valence-corrected chi connectivity index (χ3v) is 3.22. The quantitative estimate of drug-likeness (QED) is 0.864. The average Bonchev–Trinajstić information content (AvgIpc) is 2.84. The molecule has 0 aliphatic rings. The molecule has 3 nitrogen and oxygen atoms in total. The lowest BCUT2D eigenvalue weighted by molar-refractivity contribution is 0.512. The Balaban J connectivity index is 1.98. The van der Waals surface area contributed by atoms with Gasteiger partial charge in [-0.3, -0.25) is 0 Å². The molecule has 0 saturated heterocycles. The Morgan fingerprint density at radius 2 is 2.16 bits per heavy atom. The summed E-state index contributed by atoms with van der Waals surface area (Å²) < 4.78 is 15.8. The lowest BCUT2D eigenvalue weighted by atomic mass is 10.1. The van der Waals surface area contributed by atoms with Crippen molar-refractivity contribution >= 4 is 0 Å². The van der Waals surface area contributed by atoms with E-state index in [1.54, 1.807) is 6.07 Å². The second-order valence-electron chi connectivity index (χ2n) is 4.70. The zero-order chi connectivity index (χ0) is 13.7. The highest BCUT2D eigenvalue weighted by molar-refractivity contribution is 5.20. The first-order chi connectivity index (χ1) is 9.22. The fraction of sp³-hybridized carbons (Fsp3) is 0.400. The molecular formula is C15H20FN3. The zero-order valence-corrected chi connectivity index (χ0v) is 11.4. The number of hydrogen-bond acceptors (Lipinski definition) is 2. The molecule has 102 valence electrons. The summed E-state index contributed by atoms with van der Waals surface area (Å²) in [7, 11) is 0. The van der Waals surface area contributed by atoms with E-state index in [4.69, 9.17) is 0 Å². The predicted octanol–water partition coefficient (Wildman–Crippen LogP) is 3.28. The van der Waals surface area contributed by atoms with Crippen LogP contribution < -0.4 is 5.32 Å². The highest BCUT2D eigenvalue weighted by Crippen LogP contribution is 2.16. The van der Waals surface area contributed by atoms with Gasteiger partial charge in [0.05, 0.1) is 12.0 Å². The first-order valence-corrected chi connectivity index (χ1v) is 6.69. The maximum Gasteiger partial charge on any atom is 0.127 e. The molecule has 0 saturated carbocycles. The fourth-order valence-corrected chi connectivity index (χ4v) is 2.13. The summed E-state index contributed by atoms with van der Waals surface area (Å²) in [4.78, 5) is 4.16. The maximum atomic E-state index is 13.6. The number of halogens is 1. The minimum Gasteiger partial charge on any atom is -0.333 e. The van der Waals surface area contributed by atoms with Crippen LogP contribution in [0, 0.1) is 5.82 Å². The van der Waals surface area contributed by atoms with Crippen LogP contribution in [0.2, 0.25) is 0 Å². The zero-order valence-electron chi connectivity index (χ0n) is 11.4. The van der Waals surface area contributed by atoms with E-state index in [-0.39, 0.29) is 11.9 Å². The van der Waals surface area contributed by atoms with E-state index in [1.165, 1.54) is 6.07 Å². The van der Waals surface area contributed by atoms with E-state index in [0.29, 0.717) is 12.1 Å². The predicted molar refractivity (Wildman–Crippen MR) is 74.2 cm³/mol. The summed E-state index contributed by atoms with van der Waals surface area (Å²) in [5, 5.41) is 3.34. The summed E-state index contributed by atoms with van der Waals surface area (Å²) >= 11 is 0. The molecule has 1 N–H and O–H groups in total. The molecule has 0 fully saturated rings. The van der Waals surface area contributed by atoms with Crippen LogP contribution in [0.15, 0.2) is 36.8 Å². The molecule has 1 aromatic heterocycles. The second kappa shape index (κ2) is 6.48. The number of aryl methyl sites for hydroxylation is 1. The molecule has 4 heteroatoms. The standard InChI is InChI=1S/C15H20FN3/c1-3-8-19-11-17-9-13(19)10-18-12(2)14-6-4-5-7-15(14)16/h4-7,9,11-12,18H,3,8,10H2,1-2H3/t12-/m1/s1. The number of nitrogens with one attached hydrogen (secondary N) is 1. The van der Waals surface area contributed by atoms with Crippen LogP contribution in [0.1, 0.15) is 37.6 Å². The van der Waals surface area contributed by atoms with Gasteiger partial charge in [0.2, 0.25) is 0 Å². The summed E-state index contributed by atoms with van der Waals surface area (Å²) in [6.07, 6.45) is 4.78. The minimum absolute atomic E-state index is 0.0221. The van der Waals surface area contributed by atoms with Gasteiger partial charge in [0.25, 0.3) is 0 Å². The lowest BCUT2D eigenvalue weighted by Crippen LogP contribution is -2.20. The summed E-state index contributed by atoms with van der Waals surface area (Å²) in [6.45, 7) is 5.76. The van der Waals surface area contributed by atoms with Crippen LogP contribution in [-0.4, -0.2) is 9.55 Å². The number of nitrogens with zero attached hydrogens (tertiary/aromatic N) is 2. The van der Waals surface area contributed by atoms with E-state index < -0.39 is 0 Å². The van der Waals surface area contributed by atoms with E-state index in [2.05, 4.69) is 21.8 Å². The molecule has 0 aliphatic carbocycles. The molecule has 2 aromatic rings. The number of aromatic nitrogens is 2. The van der Waals surface area contributed by atoms with E-state index in [0.717, 1.165) is 18.7 Å². The number of imidazole rings is 1. The van der Waals surface area contributed by atoms with Gasteiger partial charge in [0, 0.05) is 30.9 Å². The Bertz CT molecular complexity index is 522. The molecule has 0 aliphatic heterocycles. The van der Waals surface area contributed by atoms with Gasteiger partial charge in [0.15, 0.2) is 0 Å². The molecule has 19 heavy (non-hydrogen) atoms. The van der Waals surface area contributed by atoms with Crippen molar-refractivity contribution in [1.82, 2.24) is 14.9 Å². The van der Waals surface area contributed by atoms with Gasteiger partial charge in [-0.25, -0.2) is 9.37 Å². The maximum absolute atomic E-state index is 13.6. The molecule has 1 aromatic carbocycles. The van der Waals surface area contributed by atoms with Crippen molar-refractivity contribution in [3.8, 4) is 0 Å². The van der Waals surface area contributed by atoms with Gasteiger partial charge in [0.1, 0.15) is 5.82 Å². The smallest absolute Gasteiger partial charge is 0.127 e. The monoisotopic (exact) mass is 261 g/mol. The van der Waals surface area contributed by atoms with Crippen molar-refractivity contribution in [2.24, 2.45) is 0 Å². The first kappa shape index (κ1) is 13.7. The Kier molecular flexibility index (Phi) is 4.68. The van der Waals surface area contributed by atoms with Crippen molar-refractivity contribution < 1.29 is 4.39 Å². The molecule has 1 atom stereocenters. The van der Waals surface area contributed by atoms with Crippen LogP contribution in [-0.2, 0) is 13.1 Å². The molecule has 2 rings (SSSR count). The highest BCUT2D eigenvalue weighted by Gasteiger charge is 2.10. The number of hydrogen-bond donors (Lipinski definition) is 1. The average molecular weight is 261 g/mol. The molecule has 1 heterocycles. The van der Waals surface area contributed by atoms with Crippen LogP contribution in [0.3, 0.4) is 0 Å². The molecule has 0 bridgehead atoms. The second-order valence-corrected chi connectivity index (χ2v) is 4.70. The Morgan fingerprint density at radius 3 is 2.89 bits per heavy atom. The van der Waals surface area contributed by atoms with Crippen LogP contribution in [0.4, 0.5) is 4.39 Å². The first-order valence-electron chi connectivity index (χ1n) is 6.69. The number of rotatable bonds is 6. The van der Waals surface area contributed by atoms with Gasteiger partial charge >= 0.3 is 0 Å². The van der Waals surface area contributed by atoms with Gasteiger partial charge in [-0.05, 0) is 19.4 Å². The fourth-order valence-electron chi connectivity index (χ4n) is 2.13. The van der Waals surface area contributed by atoms with Crippen LogP contribution >= 0.6 is 0 Å². The van der Waals surface area contributed by atoms with Crippen molar-refractivity contribution in [3.05, 3.63) is 53.9 Å². The summed E-state index contributed by atoms with van der Waals surface area (Å²) in [6, 6.07) is 6.86. The van der Waals surface area contributed by atoms with Crippen molar-refractivity contribution in [2.45, 2.75) is 39.4 Å². The third-order valence-electron chi connectivity index (χ3n) is 3.22. The Morgan fingerprint density at radius 1 is 1.37 bits per heavy atom. The summed E-state index contributed by atoms with van der Waals surface area (Å²) in [5.74, 6) is -0.162. The van der Waals surface area contributed by atoms with E-state index in [1.807, 2.05) is 31.6 Å². The van der Waals surface area contributed by atoms with Gasteiger partial charge in [-0.1, -0.05) is 25.1 Å². The molecule has 0 amide bonds. The topological polar surface area (TPSA) is 29.9 Å².